The molecule has 1 atom stereocenters. The summed E-state index contributed by atoms with van der Waals surface area (Å²) in [6.07, 6.45) is 3.58. The van der Waals surface area contributed by atoms with E-state index in [-0.39, 0.29) is 24.2 Å². The van der Waals surface area contributed by atoms with Gasteiger partial charge in [-0.1, -0.05) is 12.1 Å². The van der Waals surface area contributed by atoms with E-state index in [9.17, 15) is 14.0 Å². The van der Waals surface area contributed by atoms with Gasteiger partial charge < -0.3 is 24.6 Å². The third-order valence-electron chi connectivity index (χ3n) is 7.61. The van der Waals surface area contributed by atoms with Gasteiger partial charge >= 0.3 is 0 Å². The number of amides is 2. The molecule has 0 saturated carbocycles. The Balaban J connectivity index is 1.10. The topological polar surface area (TPSA) is 102 Å². The molecule has 1 aromatic heterocycles. The van der Waals surface area contributed by atoms with Crippen LogP contribution in [0.4, 0.5) is 15.8 Å². The fourth-order valence-electron chi connectivity index (χ4n) is 5.33. The minimum Gasteiger partial charge on any atom is -0.489 e. The van der Waals surface area contributed by atoms with Crippen LogP contribution in [-0.4, -0.2) is 72.6 Å². The van der Waals surface area contributed by atoms with Gasteiger partial charge in [-0.3, -0.25) is 9.59 Å². The number of likely N-dealkylation sites (N-methyl/N-ethyl adjacent to an activating group) is 1. The van der Waals surface area contributed by atoms with E-state index < -0.39 is 11.9 Å². The third-order valence-corrected chi connectivity index (χ3v) is 7.61. The Morgan fingerprint density at radius 2 is 1.92 bits per heavy atom. The number of hydrogen-bond acceptors (Lipinski definition) is 7. The zero-order valence-electron chi connectivity index (χ0n) is 21.1. The molecule has 1 N–H and O–H groups in total. The molecule has 0 radical (unpaired) electrons. The van der Waals surface area contributed by atoms with Gasteiger partial charge in [-0.15, -0.1) is 5.10 Å². The summed E-state index contributed by atoms with van der Waals surface area (Å²) in [5.74, 6) is -0.664. The summed E-state index contributed by atoms with van der Waals surface area (Å²) >= 11 is 0. The highest BCUT2D eigenvalue weighted by molar-refractivity contribution is 6.02. The van der Waals surface area contributed by atoms with Gasteiger partial charge in [0, 0.05) is 44.5 Å². The van der Waals surface area contributed by atoms with Crippen molar-refractivity contribution in [3.8, 4) is 5.75 Å². The van der Waals surface area contributed by atoms with Crippen molar-refractivity contribution >= 4 is 23.2 Å². The van der Waals surface area contributed by atoms with E-state index >= 15 is 0 Å². The SMILES string of the molecule is CN1C(=O)C(NC(=O)c2ncn(Cc3ccc(F)cc3)n2)COc2ccc(N3CC4(CCOCC4)C3)cc21. The van der Waals surface area contributed by atoms with Crippen LogP contribution in [0.25, 0.3) is 0 Å². The number of nitrogens with one attached hydrogen (secondary N) is 1. The quantitative estimate of drug-likeness (QED) is 0.551. The van der Waals surface area contributed by atoms with Crippen LogP contribution < -0.4 is 19.9 Å². The van der Waals surface area contributed by atoms with Crippen molar-refractivity contribution in [2.45, 2.75) is 25.4 Å². The summed E-state index contributed by atoms with van der Waals surface area (Å²) in [6, 6.07) is 11.0. The van der Waals surface area contributed by atoms with Crippen molar-refractivity contribution in [3.63, 3.8) is 0 Å². The molecular weight excluding hydrogens is 491 g/mol. The van der Waals surface area contributed by atoms with Gasteiger partial charge in [0.2, 0.25) is 5.82 Å². The number of carbonyl (C=O) groups excluding carboxylic acids is 2. The maximum absolute atomic E-state index is 13.3. The number of nitrogens with zero attached hydrogens (tertiary/aromatic N) is 5. The maximum atomic E-state index is 13.3. The van der Waals surface area contributed by atoms with Crippen molar-refractivity contribution in [2.75, 3.05) is 49.8 Å². The van der Waals surface area contributed by atoms with E-state index in [1.165, 1.54) is 28.0 Å². The average molecular weight is 521 g/mol. The monoisotopic (exact) mass is 520 g/mol. The number of carbonyl (C=O) groups is 2. The van der Waals surface area contributed by atoms with Crippen LogP contribution in [0.5, 0.6) is 5.75 Å². The van der Waals surface area contributed by atoms with Crippen LogP contribution in [0.3, 0.4) is 0 Å². The molecule has 2 amide bonds. The first kappa shape index (κ1) is 24.4. The van der Waals surface area contributed by atoms with Crippen LogP contribution in [0, 0.1) is 11.2 Å². The number of rotatable bonds is 5. The van der Waals surface area contributed by atoms with Gasteiger partial charge in [-0.25, -0.2) is 14.1 Å². The minimum absolute atomic E-state index is 0.00955. The van der Waals surface area contributed by atoms with Gasteiger partial charge in [0.05, 0.1) is 12.2 Å². The molecule has 4 heterocycles. The molecule has 3 aliphatic rings. The fraction of sp³-hybridized carbons (Fsp3) is 0.407. The standard InChI is InChI=1S/C27H29FN6O4/c1-32-22-12-20(33-15-27(16-33)8-10-37-11-9-27)6-7-23(22)38-14-21(26(32)36)30-25(35)24-29-17-34(31-24)13-18-2-4-19(28)5-3-18/h2-7,12,17,21H,8-11,13-16H2,1H3,(H,30,35). The molecule has 0 bridgehead atoms. The molecule has 3 aliphatic heterocycles. The highest BCUT2D eigenvalue weighted by atomic mass is 19.1. The lowest BCUT2D eigenvalue weighted by molar-refractivity contribution is -0.120. The third kappa shape index (κ3) is 4.69. The minimum atomic E-state index is -0.901. The Morgan fingerprint density at radius 3 is 2.68 bits per heavy atom. The van der Waals surface area contributed by atoms with Gasteiger partial charge in [0.25, 0.3) is 11.8 Å². The average Bonchev–Trinajstić information content (AvgIpc) is 3.35. The molecule has 3 aromatic rings. The van der Waals surface area contributed by atoms with E-state index in [0.717, 1.165) is 50.4 Å². The first-order valence-corrected chi connectivity index (χ1v) is 12.7. The maximum Gasteiger partial charge on any atom is 0.291 e. The molecule has 6 rings (SSSR count). The van der Waals surface area contributed by atoms with Crippen molar-refractivity contribution in [3.05, 3.63) is 66.0 Å². The molecule has 38 heavy (non-hydrogen) atoms. The number of anilines is 2. The van der Waals surface area contributed by atoms with Crippen LogP contribution in [0.15, 0.2) is 48.8 Å². The molecule has 198 valence electrons. The number of hydrogen-bond donors (Lipinski definition) is 1. The zero-order chi connectivity index (χ0) is 26.3. The van der Waals surface area contributed by atoms with Crippen molar-refractivity contribution in [1.82, 2.24) is 20.1 Å². The van der Waals surface area contributed by atoms with Gasteiger partial charge in [0.1, 0.15) is 30.5 Å². The summed E-state index contributed by atoms with van der Waals surface area (Å²) in [5.41, 5.74) is 2.86. The first-order valence-electron chi connectivity index (χ1n) is 12.7. The predicted octanol–water partition coefficient (Wildman–Crippen LogP) is 2.24. The molecule has 10 nitrogen and oxygen atoms in total. The van der Waals surface area contributed by atoms with E-state index in [2.05, 4.69) is 20.3 Å². The molecule has 1 spiro atoms. The second kappa shape index (κ2) is 9.71. The second-order valence-electron chi connectivity index (χ2n) is 10.2. The van der Waals surface area contributed by atoms with Crippen LogP contribution in [0.1, 0.15) is 29.0 Å². The van der Waals surface area contributed by atoms with E-state index in [4.69, 9.17) is 9.47 Å². The fourth-order valence-corrected chi connectivity index (χ4v) is 5.33. The van der Waals surface area contributed by atoms with Crippen LogP contribution in [-0.2, 0) is 16.1 Å². The summed E-state index contributed by atoms with van der Waals surface area (Å²) in [6.45, 7) is 3.92. The predicted molar refractivity (Wildman–Crippen MR) is 137 cm³/mol. The summed E-state index contributed by atoms with van der Waals surface area (Å²) in [7, 11) is 1.69. The number of fused-ring (bicyclic) bond motifs is 1. The van der Waals surface area contributed by atoms with Crippen molar-refractivity contribution < 1.29 is 23.5 Å². The highest BCUT2D eigenvalue weighted by Gasteiger charge is 2.44. The molecule has 2 saturated heterocycles. The molecule has 1 unspecified atom stereocenters. The first-order chi connectivity index (χ1) is 18.4. The summed E-state index contributed by atoms with van der Waals surface area (Å²) in [5, 5.41) is 6.91. The van der Waals surface area contributed by atoms with Crippen LogP contribution in [0.2, 0.25) is 0 Å². The lowest BCUT2D eigenvalue weighted by atomic mass is 9.73. The summed E-state index contributed by atoms with van der Waals surface area (Å²) < 4.78 is 26.1. The highest BCUT2D eigenvalue weighted by Crippen LogP contribution is 2.44. The van der Waals surface area contributed by atoms with Gasteiger partial charge in [-0.05, 0) is 48.7 Å². The summed E-state index contributed by atoms with van der Waals surface area (Å²) in [4.78, 5) is 34.1. The largest absolute Gasteiger partial charge is 0.489 e. The van der Waals surface area contributed by atoms with Crippen molar-refractivity contribution in [1.29, 1.82) is 0 Å². The molecule has 0 aliphatic carbocycles. The molecule has 2 aromatic carbocycles. The van der Waals surface area contributed by atoms with Crippen molar-refractivity contribution in [2.24, 2.45) is 5.41 Å². The Hall–Kier alpha value is -3.99. The van der Waals surface area contributed by atoms with E-state index in [0.29, 0.717) is 23.4 Å². The van der Waals surface area contributed by atoms with Gasteiger partial charge in [-0.2, -0.15) is 0 Å². The number of benzene rings is 2. The second-order valence-corrected chi connectivity index (χ2v) is 10.2. The molecule has 11 heteroatoms. The lowest BCUT2D eigenvalue weighted by Gasteiger charge is -2.53. The number of aromatic nitrogens is 3. The number of halogens is 1. The normalized spacial score (nSPS) is 20.4. The van der Waals surface area contributed by atoms with Gasteiger partial charge in [0.15, 0.2) is 0 Å². The Bertz CT molecular complexity index is 1350. The Kier molecular flexibility index (Phi) is 6.22. The molecule has 2 fully saturated rings. The van der Waals surface area contributed by atoms with Crippen LogP contribution >= 0.6 is 0 Å². The Morgan fingerprint density at radius 1 is 1.16 bits per heavy atom. The smallest absolute Gasteiger partial charge is 0.291 e. The number of ether oxygens (including phenoxy) is 2. The zero-order valence-corrected chi connectivity index (χ0v) is 21.1. The van der Waals surface area contributed by atoms with E-state index in [1.54, 1.807) is 19.2 Å². The molecular formula is C27H29FN6O4. The van der Waals surface area contributed by atoms with E-state index in [1.807, 2.05) is 18.2 Å². The Labute approximate surface area is 219 Å². The lowest BCUT2D eigenvalue weighted by Crippen LogP contribution is -2.58.